The molecule has 1 N–H and O–H groups in total. The summed E-state index contributed by atoms with van der Waals surface area (Å²) in [6.45, 7) is 5.64. The summed E-state index contributed by atoms with van der Waals surface area (Å²) in [6.07, 6.45) is 3.23. The van der Waals surface area contributed by atoms with E-state index >= 15 is 0 Å². The number of amides is 1. The summed E-state index contributed by atoms with van der Waals surface area (Å²) in [5.41, 5.74) is 0.700. The number of nitrogens with one attached hydrogen (secondary N) is 1. The Labute approximate surface area is 115 Å². The summed E-state index contributed by atoms with van der Waals surface area (Å²) in [5, 5.41) is 3.00. The molecule has 0 heterocycles. The van der Waals surface area contributed by atoms with Crippen LogP contribution in [0.25, 0.3) is 0 Å². The number of hydrogen-bond donors (Lipinski definition) is 1. The van der Waals surface area contributed by atoms with Crippen LogP contribution in [-0.2, 0) is 4.74 Å². The van der Waals surface area contributed by atoms with Crippen molar-refractivity contribution in [3.63, 3.8) is 0 Å². The molecule has 1 saturated carbocycles. The van der Waals surface area contributed by atoms with Crippen molar-refractivity contribution in [2.45, 2.75) is 51.7 Å². The van der Waals surface area contributed by atoms with E-state index < -0.39 is 5.60 Å². The number of rotatable bonds is 4. The molecule has 1 aliphatic rings. The summed E-state index contributed by atoms with van der Waals surface area (Å²) in [6, 6.07) is 10.2. The first-order chi connectivity index (χ1) is 8.94. The van der Waals surface area contributed by atoms with E-state index in [2.05, 4.69) is 17.4 Å². The molecule has 1 aromatic rings. The van der Waals surface area contributed by atoms with Gasteiger partial charge in [-0.2, -0.15) is 0 Å². The Morgan fingerprint density at radius 2 is 1.95 bits per heavy atom. The summed E-state index contributed by atoms with van der Waals surface area (Å²) in [4.78, 5) is 11.9. The summed E-state index contributed by atoms with van der Waals surface area (Å²) >= 11 is 0. The maximum Gasteiger partial charge on any atom is 0.408 e. The van der Waals surface area contributed by atoms with E-state index in [-0.39, 0.29) is 12.1 Å². The average Bonchev–Trinajstić information content (AvgIpc) is 3.11. The molecule has 0 saturated heterocycles. The normalized spacial score (nSPS) is 16.8. The second-order valence-electron chi connectivity index (χ2n) is 6.29. The first kappa shape index (κ1) is 13.9. The van der Waals surface area contributed by atoms with Crippen molar-refractivity contribution in [2.75, 3.05) is 0 Å². The predicted molar refractivity (Wildman–Crippen MR) is 75.9 cm³/mol. The van der Waals surface area contributed by atoms with Crippen molar-refractivity contribution in [3.8, 4) is 0 Å². The molecule has 0 radical (unpaired) electrons. The minimum absolute atomic E-state index is 0.0588. The fourth-order valence-corrected chi connectivity index (χ4v) is 2.10. The highest BCUT2D eigenvalue weighted by atomic mass is 16.6. The van der Waals surface area contributed by atoms with Crippen molar-refractivity contribution in [1.29, 1.82) is 0 Å². The SMILES string of the molecule is CC(C)(C)OC(=O)NC(CC1CC1)c1ccccc1. The highest BCUT2D eigenvalue weighted by Crippen LogP contribution is 2.37. The molecule has 0 aromatic heterocycles. The maximum atomic E-state index is 11.9. The fourth-order valence-electron chi connectivity index (χ4n) is 2.10. The fraction of sp³-hybridized carbons (Fsp3) is 0.562. The number of alkyl carbamates (subject to hydrolysis) is 1. The summed E-state index contributed by atoms with van der Waals surface area (Å²) in [7, 11) is 0. The van der Waals surface area contributed by atoms with Gasteiger partial charge in [0, 0.05) is 0 Å². The molecular formula is C16H23NO2. The van der Waals surface area contributed by atoms with Gasteiger partial charge < -0.3 is 10.1 Å². The molecule has 1 atom stereocenters. The van der Waals surface area contributed by atoms with Crippen LogP contribution in [0.5, 0.6) is 0 Å². The van der Waals surface area contributed by atoms with E-state index in [4.69, 9.17) is 4.74 Å². The highest BCUT2D eigenvalue weighted by molar-refractivity contribution is 5.68. The number of hydrogen-bond acceptors (Lipinski definition) is 2. The first-order valence-electron chi connectivity index (χ1n) is 6.98. The average molecular weight is 261 g/mol. The summed E-state index contributed by atoms with van der Waals surface area (Å²) < 4.78 is 5.34. The van der Waals surface area contributed by atoms with Crippen LogP contribution in [0.4, 0.5) is 4.79 Å². The van der Waals surface area contributed by atoms with E-state index in [0.29, 0.717) is 0 Å². The lowest BCUT2D eigenvalue weighted by atomic mass is 10.0. The number of carbonyl (C=O) groups excluding carboxylic acids is 1. The molecule has 19 heavy (non-hydrogen) atoms. The van der Waals surface area contributed by atoms with Gasteiger partial charge in [0.2, 0.25) is 0 Å². The topological polar surface area (TPSA) is 38.3 Å². The Morgan fingerprint density at radius 1 is 1.32 bits per heavy atom. The molecule has 1 aliphatic carbocycles. The molecule has 1 fully saturated rings. The molecule has 1 aromatic carbocycles. The maximum absolute atomic E-state index is 11.9. The van der Waals surface area contributed by atoms with Gasteiger partial charge in [-0.15, -0.1) is 0 Å². The Hall–Kier alpha value is -1.51. The van der Waals surface area contributed by atoms with Crippen LogP contribution in [0.3, 0.4) is 0 Å². The Kier molecular flexibility index (Phi) is 4.13. The Morgan fingerprint density at radius 3 is 2.47 bits per heavy atom. The van der Waals surface area contributed by atoms with Crippen LogP contribution in [0, 0.1) is 5.92 Å². The Bertz CT molecular complexity index is 418. The van der Waals surface area contributed by atoms with Gasteiger partial charge in [0.05, 0.1) is 6.04 Å². The van der Waals surface area contributed by atoms with Crippen LogP contribution in [-0.4, -0.2) is 11.7 Å². The van der Waals surface area contributed by atoms with Crippen LogP contribution >= 0.6 is 0 Å². The molecule has 2 rings (SSSR count). The molecule has 1 unspecified atom stereocenters. The zero-order valence-electron chi connectivity index (χ0n) is 12.0. The minimum Gasteiger partial charge on any atom is -0.444 e. The lowest BCUT2D eigenvalue weighted by molar-refractivity contribution is 0.0499. The van der Waals surface area contributed by atoms with Crippen LogP contribution in [0.2, 0.25) is 0 Å². The zero-order valence-corrected chi connectivity index (χ0v) is 12.0. The first-order valence-corrected chi connectivity index (χ1v) is 6.98. The second-order valence-corrected chi connectivity index (χ2v) is 6.29. The van der Waals surface area contributed by atoms with Gasteiger partial charge in [0.15, 0.2) is 0 Å². The molecule has 1 amide bonds. The Balaban J connectivity index is 1.99. The van der Waals surface area contributed by atoms with Gasteiger partial charge >= 0.3 is 6.09 Å². The third-order valence-electron chi connectivity index (χ3n) is 3.16. The monoisotopic (exact) mass is 261 g/mol. The standard InChI is InChI=1S/C16H23NO2/c1-16(2,3)19-15(18)17-14(11-12-9-10-12)13-7-5-4-6-8-13/h4-8,12,14H,9-11H2,1-3H3,(H,17,18). The van der Waals surface area contributed by atoms with Crippen LogP contribution in [0.15, 0.2) is 30.3 Å². The van der Waals surface area contributed by atoms with Crippen molar-refractivity contribution < 1.29 is 9.53 Å². The molecule has 3 heteroatoms. The predicted octanol–water partition coefficient (Wildman–Crippen LogP) is 4.05. The van der Waals surface area contributed by atoms with Gasteiger partial charge in [-0.1, -0.05) is 43.2 Å². The van der Waals surface area contributed by atoms with Crippen molar-refractivity contribution in [2.24, 2.45) is 5.92 Å². The minimum atomic E-state index is -0.453. The quantitative estimate of drug-likeness (QED) is 0.887. The third-order valence-corrected chi connectivity index (χ3v) is 3.16. The van der Waals surface area contributed by atoms with E-state index in [1.807, 2.05) is 39.0 Å². The molecule has 104 valence electrons. The van der Waals surface area contributed by atoms with E-state index in [0.717, 1.165) is 17.9 Å². The molecule has 3 nitrogen and oxygen atoms in total. The number of benzene rings is 1. The van der Waals surface area contributed by atoms with E-state index in [1.165, 1.54) is 12.8 Å². The molecule has 0 aliphatic heterocycles. The van der Waals surface area contributed by atoms with Crippen molar-refractivity contribution in [1.82, 2.24) is 5.32 Å². The largest absolute Gasteiger partial charge is 0.444 e. The molecule has 0 spiro atoms. The van der Waals surface area contributed by atoms with Crippen molar-refractivity contribution >= 4 is 6.09 Å². The lowest BCUT2D eigenvalue weighted by Crippen LogP contribution is -2.35. The van der Waals surface area contributed by atoms with Gasteiger partial charge in [-0.25, -0.2) is 4.79 Å². The third kappa shape index (κ3) is 4.93. The van der Waals surface area contributed by atoms with Gasteiger partial charge in [-0.05, 0) is 38.7 Å². The van der Waals surface area contributed by atoms with E-state index in [9.17, 15) is 4.79 Å². The van der Waals surface area contributed by atoms with Gasteiger partial charge in [0.1, 0.15) is 5.60 Å². The van der Waals surface area contributed by atoms with E-state index in [1.54, 1.807) is 0 Å². The lowest BCUT2D eigenvalue weighted by Gasteiger charge is -2.24. The summed E-state index contributed by atoms with van der Waals surface area (Å²) in [5.74, 6) is 0.750. The smallest absolute Gasteiger partial charge is 0.408 e. The van der Waals surface area contributed by atoms with Gasteiger partial charge in [0.25, 0.3) is 0 Å². The zero-order chi connectivity index (χ0) is 13.9. The van der Waals surface area contributed by atoms with Crippen molar-refractivity contribution in [3.05, 3.63) is 35.9 Å². The molecule has 0 bridgehead atoms. The van der Waals surface area contributed by atoms with Crippen LogP contribution < -0.4 is 5.32 Å². The number of carbonyl (C=O) groups is 1. The number of ether oxygens (including phenoxy) is 1. The highest BCUT2D eigenvalue weighted by Gasteiger charge is 2.28. The van der Waals surface area contributed by atoms with Crippen LogP contribution in [0.1, 0.15) is 51.6 Å². The second kappa shape index (κ2) is 5.64. The van der Waals surface area contributed by atoms with Gasteiger partial charge in [-0.3, -0.25) is 0 Å². The molecular weight excluding hydrogens is 238 g/mol.